The van der Waals surface area contributed by atoms with E-state index in [0.29, 0.717) is 11.1 Å². The number of rotatable bonds is 10. The molecule has 0 aliphatic rings. The third kappa shape index (κ3) is 5.48. The molecular weight excluding hydrogens is 543 g/mol. The molecule has 0 saturated heterocycles. The van der Waals surface area contributed by atoms with Gasteiger partial charge in [-0.2, -0.15) is 0 Å². The maximum Gasteiger partial charge on any atom is 0.199 e. The van der Waals surface area contributed by atoms with Crippen LogP contribution >= 0.6 is 7.26 Å². The van der Waals surface area contributed by atoms with Gasteiger partial charge in [-0.15, -0.1) is 0 Å². The molecule has 0 aromatic heterocycles. The number of aliphatic hydroxyl groups is 1. The molecule has 0 radical (unpaired) electrons. The van der Waals surface area contributed by atoms with Crippen LogP contribution < -0.4 is 15.9 Å². The zero-order valence-corrected chi connectivity index (χ0v) is 24.8. The third-order valence-corrected chi connectivity index (χ3v) is 13.0. The van der Waals surface area contributed by atoms with Crippen molar-refractivity contribution in [3.05, 3.63) is 199 Å². The van der Waals surface area contributed by atoms with E-state index in [0.717, 1.165) is 5.56 Å². The lowest BCUT2D eigenvalue weighted by Crippen LogP contribution is -2.42. The van der Waals surface area contributed by atoms with Crippen molar-refractivity contribution >= 4 is 29.0 Å². The second kappa shape index (κ2) is 12.7. The molecule has 2 atom stereocenters. The predicted octanol–water partition coefficient (Wildman–Crippen LogP) is 7.88. The van der Waals surface area contributed by atoms with E-state index in [1.807, 2.05) is 72.8 Å². The number of benzene rings is 6. The Balaban J connectivity index is 1.69. The molecule has 210 valence electrons. The summed E-state index contributed by atoms with van der Waals surface area (Å²) in [5.41, 5.74) is 0.148. The van der Waals surface area contributed by atoms with Crippen LogP contribution in [0.2, 0.25) is 0 Å². The lowest BCUT2D eigenvalue weighted by molar-refractivity contribution is 0.0246. The van der Waals surface area contributed by atoms with Crippen LogP contribution in [-0.4, -0.2) is 10.9 Å². The highest BCUT2D eigenvalue weighted by molar-refractivity contribution is 7.96. The van der Waals surface area contributed by atoms with E-state index in [4.69, 9.17) is 0 Å². The average molecular weight is 578 g/mol. The van der Waals surface area contributed by atoms with Gasteiger partial charge < -0.3 is 5.11 Å². The SMILES string of the molecule is O=C(c1ccccc1)[C@@](O)(C[C@H](c1ccccc1)[P+](c1ccccc1)(c1ccccc1)c1ccccc1)c1ccccc1. The number of Topliss-reactive ketones (excluding diaryl/α,β-unsaturated/α-hetero) is 1. The molecule has 3 heteroatoms. The number of hydrogen-bond donors (Lipinski definition) is 1. The summed E-state index contributed by atoms with van der Waals surface area (Å²) >= 11 is 0. The highest BCUT2D eigenvalue weighted by Crippen LogP contribution is 2.69. The Hall–Kier alpha value is -4.62. The van der Waals surface area contributed by atoms with Crippen molar-refractivity contribution in [1.29, 1.82) is 0 Å². The van der Waals surface area contributed by atoms with Crippen LogP contribution in [0.15, 0.2) is 182 Å². The molecule has 0 spiro atoms. The molecule has 0 amide bonds. The Morgan fingerprint density at radius 1 is 0.512 bits per heavy atom. The van der Waals surface area contributed by atoms with Crippen molar-refractivity contribution in [3.63, 3.8) is 0 Å². The van der Waals surface area contributed by atoms with E-state index in [-0.39, 0.29) is 17.9 Å². The van der Waals surface area contributed by atoms with Crippen LogP contribution in [0.3, 0.4) is 0 Å². The van der Waals surface area contributed by atoms with Gasteiger partial charge in [0.05, 0.1) is 0 Å². The molecule has 0 heterocycles. The van der Waals surface area contributed by atoms with Gasteiger partial charge in [-0.05, 0) is 47.5 Å². The molecule has 2 nitrogen and oxygen atoms in total. The van der Waals surface area contributed by atoms with Gasteiger partial charge in [-0.25, -0.2) is 0 Å². The van der Waals surface area contributed by atoms with Gasteiger partial charge in [0.2, 0.25) is 0 Å². The minimum Gasteiger partial charge on any atom is -0.377 e. The highest BCUT2D eigenvalue weighted by Gasteiger charge is 2.56. The molecule has 0 unspecified atom stereocenters. The molecule has 1 N–H and O–H groups in total. The molecule has 6 aromatic rings. The molecule has 0 aliphatic carbocycles. The lowest BCUT2D eigenvalue weighted by Gasteiger charge is -2.39. The second-order valence-electron chi connectivity index (χ2n) is 10.8. The molecule has 6 aromatic carbocycles. The number of carbonyl (C=O) groups is 1. The van der Waals surface area contributed by atoms with Crippen LogP contribution in [0.1, 0.15) is 33.6 Å². The number of hydrogen-bond acceptors (Lipinski definition) is 2. The summed E-state index contributed by atoms with van der Waals surface area (Å²) in [5, 5.41) is 16.5. The van der Waals surface area contributed by atoms with Crippen molar-refractivity contribution in [1.82, 2.24) is 0 Å². The van der Waals surface area contributed by atoms with E-state index in [1.165, 1.54) is 15.9 Å². The molecule has 0 aliphatic heterocycles. The van der Waals surface area contributed by atoms with Gasteiger partial charge in [-0.3, -0.25) is 4.79 Å². The fourth-order valence-corrected chi connectivity index (χ4v) is 11.4. The van der Waals surface area contributed by atoms with Gasteiger partial charge in [0.15, 0.2) is 11.4 Å². The molecule has 0 bridgehead atoms. The van der Waals surface area contributed by atoms with E-state index in [2.05, 4.69) is 97.1 Å². The smallest absolute Gasteiger partial charge is 0.199 e. The largest absolute Gasteiger partial charge is 0.377 e. The first kappa shape index (κ1) is 28.5. The van der Waals surface area contributed by atoms with Gasteiger partial charge in [0, 0.05) is 12.0 Å². The van der Waals surface area contributed by atoms with Gasteiger partial charge >= 0.3 is 0 Å². The van der Waals surface area contributed by atoms with Crippen LogP contribution in [0.5, 0.6) is 0 Å². The lowest BCUT2D eigenvalue weighted by atomic mass is 9.81. The molecule has 0 saturated carbocycles. The summed E-state index contributed by atoms with van der Waals surface area (Å²) in [4.78, 5) is 14.5. The standard InChI is InChI=1S/C40H34O2P/c41-39(33-21-9-2-10-22-33)40(42,34-23-11-3-12-24-34)31-38(32-19-7-1-8-20-32)43(35-25-13-4-14-26-35,36-27-15-5-16-28-36)37-29-17-6-18-30-37/h1-30,38,42H,31H2/q+1/t38-,40-/m1/s1. The van der Waals surface area contributed by atoms with Crippen molar-refractivity contribution in [3.8, 4) is 0 Å². The fourth-order valence-electron chi connectivity index (χ4n) is 6.29. The minimum absolute atomic E-state index is 0.196. The van der Waals surface area contributed by atoms with Crippen LogP contribution in [0.25, 0.3) is 0 Å². The number of carbonyl (C=O) groups excluding carboxylic acids is 1. The van der Waals surface area contributed by atoms with E-state index in [9.17, 15) is 9.90 Å². The molecule has 0 fully saturated rings. The molecular formula is C40H34O2P+. The second-order valence-corrected chi connectivity index (χ2v) is 14.4. The van der Waals surface area contributed by atoms with Crippen LogP contribution in [0.4, 0.5) is 0 Å². The van der Waals surface area contributed by atoms with E-state index >= 15 is 0 Å². The van der Waals surface area contributed by atoms with Gasteiger partial charge in [-0.1, -0.05) is 146 Å². The van der Waals surface area contributed by atoms with Crippen molar-refractivity contribution < 1.29 is 9.90 Å². The third-order valence-electron chi connectivity index (χ3n) is 8.29. The minimum atomic E-state index is -2.55. The zero-order chi connectivity index (χ0) is 29.5. The van der Waals surface area contributed by atoms with Crippen molar-refractivity contribution in [2.45, 2.75) is 17.7 Å². The first-order chi connectivity index (χ1) is 21.1. The molecule has 43 heavy (non-hydrogen) atoms. The summed E-state index contributed by atoms with van der Waals surface area (Å²) in [6, 6.07) is 61.0. The fraction of sp³-hybridized carbons (Fsp3) is 0.0750. The van der Waals surface area contributed by atoms with Gasteiger partial charge in [0.25, 0.3) is 0 Å². The van der Waals surface area contributed by atoms with Gasteiger partial charge in [0.1, 0.15) is 28.8 Å². The van der Waals surface area contributed by atoms with Crippen molar-refractivity contribution in [2.24, 2.45) is 0 Å². The quantitative estimate of drug-likeness (QED) is 0.133. The zero-order valence-electron chi connectivity index (χ0n) is 23.9. The van der Waals surface area contributed by atoms with Crippen LogP contribution in [0, 0.1) is 0 Å². The Labute approximate surface area is 254 Å². The summed E-state index contributed by atoms with van der Waals surface area (Å²) in [6.07, 6.45) is 0.196. The Kier molecular flexibility index (Phi) is 8.43. The first-order valence-corrected chi connectivity index (χ1v) is 16.5. The Bertz CT molecular complexity index is 1650. The summed E-state index contributed by atoms with van der Waals surface area (Å²) in [5.74, 6) is -0.299. The predicted molar refractivity (Wildman–Crippen MR) is 180 cm³/mol. The monoisotopic (exact) mass is 577 g/mol. The average Bonchev–Trinajstić information content (AvgIpc) is 3.10. The number of ketones is 1. The Morgan fingerprint density at radius 2 is 0.860 bits per heavy atom. The van der Waals surface area contributed by atoms with Crippen molar-refractivity contribution in [2.75, 3.05) is 0 Å². The first-order valence-electron chi connectivity index (χ1n) is 14.6. The van der Waals surface area contributed by atoms with Crippen LogP contribution in [-0.2, 0) is 5.60 Å². The molecule has 6 rings (SSSR count). The summed E-state index contributed by atoms with van der Waals surface area (Å²) < 4.78 is 0. The Morgan fingerprint density at radius 3 is 1.28 bits per heavy atom. The highest BCUT2D eigenvalue weighted by atomic mass is 31.2. The van der Waals surface area contributed by atoms with E-state index < -0.39 is 12.9 Å². The normalized spacial score (nSPS) is 13.5. The summed E-state index contributed by atoms with van der Waals surface area (Å²) in [6.45, 7) is 0. The topological polar surface area (TPSA) is 37.3 Å². The maximum atomic E-state index is 14.5. The van der Waals surface area contributed by atoms with E-state index in [1.54, 1.807) is 12.1 Å². The summed E-state index contributed by atoms with van der Waals surface area (Å²) in [7, 11) is -2.55. The maximum absolute atomic E-state index is 14.5.